The van der Waals surface area contributed by atoms with Gasteiger partial charge in [0.05, 0.1) is 31.6 Å². The average Bonchev–Trinajstić information content (AvgIpc) is 3.09. The molecule has 25 heavy (non-hydrogen) atoms. The van der Waals surface area contributed by atoms with E-state index in [0.717, 1.165) is 11.7 Å². The van der Waals surface area contributed by atoms with Crippen molar-refractivity contribution >= 4 is 44.4 Å². The highest BCUT2D eigenvalue weighted by molar-refractivity contribution is 7.93. The number of carbonyl (C=O) groups is 1. The molecule has 0 unspecified atom stereocenters. The van der Waals surface area contributed by atoms with Crippen molar-refractivity contribution < 1.29 is 22.7 Å². The van der Waals surface area contributed by atoms with Crippen molar-refractivity contribution in [3.05, 3.63) is 42.0 Å². The van der Waals surface area contributed by atoms with Crippen LogP contribution in [0.1, 0.15) is 10.4 Å². The van der Waals surface area contributed by atoms with Crippen LogP contribution >= 0.6 is 11.7 Å². The molecule has 0 atom stereocenters. The molecule has 0 amide bonds. The Kier molecular flexibility index (Phi) is 4.55. The molecule has 0 saturated heterocycles. The Hall–Kier alpha value is -2.72. The van der Waals surface area contributed by atoms with Crippen LogP contribution in [0.15, 0.2) is 41.3 Å². The number of nitrogens with zero attached hydrogens (tertiary/aromatic N) is 2. The maximum absolute atomic E-state index is 12.7. The van der Waals surface area contributed by atoms with Gasteiger partial charge in [-0.05, 0) is 24.3 Å². The third-order valence-electron chi connectivity index (χ3n) is 3.40. The molecule has 1 heterocycles. The second kappa shape index (κ2) is 6.65. The van der Waals surface area contributed by atoms with Crippen molar-refractivity contribution in [2.75, 3.05) is 18.9 Å². The van der Waals surface area contributed by atoms with Crippen molar-refractivity contribution in [3.8, 4) is 5.75 Å². The van der Waals surface area contributed by atoms with E-state index < -0.39 is 16.0 Å². The van der Waals surface area contributed by atoms with Gasteiger partial charge in [0.2, 0.25) is 0 Å². The second-order valence-corrected chi connectivity index (χ2v) is 7.08. The van der Waals surface area contributed by atoms with Crippen LogP contribution in [0.5, 0.6) is 5.75 Å². The number of nitrogens with one attached hydrogen (secondary N) is 1. The summed E-state index contributed by atoms with van der Waals surface area (Å²) in [5.41, 5.74) is 1.24. The van der Waals surface area contributed by atoms with E-state index in [1.165, 1.54) is 38.5 Å². The number of fused-ring (bicyclic) bond motifs is 1. The minimum atomic E-state index is -3.89. The van der Waals surface area contributed by atoms with Gasteiger partial charge in [-0.25, -0.2) is 13.2 Å². The molecule has 130 valence electrons. The van der Waals surface area contributed by atoms with Gasteiger partial charge < -0.3 is 9.47 Å². The summed E-state index contributed by atoms with van der Waals surface area (Å²) in [6.07, 6.45) is 0. The Morgan fingerprint density at radius 2 is 1.96 bits per heavy atom. The average molecular weight is 379 g/mol. The van der Waals surface area contributed by atoms with Crippen LogP contribution in [0.2, 0.25) is 0 Å². The number of aromatic nitrogens is 2. The van der Waals surface area contributed by atoms with E-state index in [1.54, 1.807) is 12.1 Å². The first-order valence-electron chi connectivity index (χ1n) is 6.96. The molecule has 1 N–H and O–H groups in total. The normalized spacial score (nSPS) is 11.3. The Bertz CT molecular complexity index is 1050. The number of carbonyl (C=O) groups excluding carboxylic acids is 1. The number of sulfonamides is 1. The summed E-state index contributed by atoms with van der Waals surface area (Å²) in [6.45, 7) is 0. The molecule has 3 rings (SSSR count). The summed E-state index contributed by atoms with van der Waals surface area (Å²) in [7, 11) is -1.26. The van der Waals surface area contributed by atoms with E-state index in [4.69, 9.17) is 4.74 Å². The zero-order chi connectivity index (χ0) is 18.0. The molecule has 10 heteroatoms. The predicted molar refractivity (Wildman–Crippen MR) is 92.6 cm³/mol. The number of methoxy groups -OCH3 is 2. The molecule has 0 spiro atoms. The quantitative estimate of drug-likeness (QED) is 0.678. The number of anilines is 1. The van der Waals surface area contributed by atoms with Crippen LogP contribution in [-0.2, 0) is 14.8 Å². The molecule has 0 bridgehead atoms. The SMILES string of the molecule is COC(=O)c1ccc(NS(=O)(=O)c2cccc3nsnc23)cc1OC. The fourth-order valence-corrected chi connectivity index (χ4v) is 4.06. The molecule has 0 aliphatic heterocycles. The molecular weight excluding hydrogens is 366 g/mol. The number of hydrogen-bond donors (Lipinski definition) is 1. The summed E-state index contributed by atoms with van der Waals surface area (Å²) in [5, 5.41) is 0. The van der Waals surface area contributed by atoms with E-state index in [9.17, 15) is 13.2 Å². The summed E-state index contributed by atoms with van der Waals surface area (Å²) < 4.78 is 45.7. The van der Waals surface area contributed by atoms with Crippen molar-refractivity contribution in [1.29, 1.82) is 0 Å². The van der Waals surface area contributed by atoms with Gasteiger partial charge in [0, 0.05) is 6.07 Å². The lowest BCUT2D eigenvalue weighted by Crippen LogP contribution is -2.14. The van der Waals surface area contributed by atoms with E-state index in [0.29, 0.717) is 11.0 Å². The molecule has 0 fully saturated rings. The summed E-state index contributed by atoms with van der Waals surface area (Å²) >= 11 is 0.940. The summed E-state index contributed by atoms with van der Waals surface area (Å²) in [4.78, 5) is 11.7. The van der Waals surface area contributed by atoms with Crippen LogP contribution in [0.3, 0.4) is 0 Å². The van der Waals surface area contributed by atoms with Crippen molar-refractivity contribution in [3.63, 3.8) is 0 Å². The predicted octanol–water partition coefficient (Wildman–Crippen LogP) is 2.29. The summed E-state index contributed by atoms with van der Waals surface area (Å²) in [6, 6.07) is 9.01. The van der Waals surface area contributed by atoms with E-state index in [2.05, 4.69) is 18.2 Å². The highest BCUT2D eigenvalue weighted by atomic mass is 32.2. The molecule has 0 saturated carbocycles. The van der Waals surface area contributed by atoms with Gasteiger partial charge in [-0.15, -0.1) is 0 Å². The van der Waals surface area contributed by atoms with Crippen molar-refractivity contribution in [1.82, 2.24) is 8.75 Å². The topological polar surface area (TPSA) is 107 Å². The lowest BCUT2D eigenvalue weighted by Gasteiger charge is -2.12. The van der Waals surface area contributed by atoms with E-state index in [-0.39, 0.29) is 21.9 Å². The van der Waals surface area contributed by atoms with Gasteiger partial charge in [0.15, 0.2) is 0 Å². The van der Waals surface area contributed by atoms with E-state index >= 15 is 0 Å². The summed E-state index contributed by atoms with van der Waals surface area (Å²) in [5.74, 6) is -0.384. The minimum Gasteiger partial charge on any atom is -0.496 e. The second-order valence-electron chi connectivity index (χ2n) is 4.90. The Morgan fingerprint density at radius 3 is 2.68 bits per heavy atom. The first-order chi connectivity index (χ1) is 12.0. The minimum absolute atomic E-state index is 0.0229. The maximum atomic E-state index is 12.7. The number of hydrogen-bond acceptors (Lipinski definition) is 8. The van der Waals surface area contributed by atoms with Crippen molar-refractivity contribution in [2.45, 2.75) is 4.90 Å². The van der Waals surface area contributed by atoms with Gasteiger partial charge in [0.1, 0.15) is 27.2 Å². The first-order valence-corrected chi connectivity index (χ1v) is 9.18. The molecule has 2 aromatic carbocycles. The molecule has 3 aromatic rings. The lowest BCUT2D eigenvalue weighted by atomic mass is 10.2. The third-order valence-corrected chi connectivity index (χ3v) is 5.35. The highest BCUT2D eigenvalue weighted by Gasteiger charge is 2.21. The highest BCUT2D eigenvalue weighted by Crippen LogP contribution is 2.27. The fraction of sp³-hybridized carbons (Fsp3) is 0.133. The van der Waals surface area contributed by atoms with Crippen LogP contribution < -0.4 is 9.46 Å². The molecule has 0 aliphatic carbocycles. The maximum Gasteiger partial charge on any atom is 0.341 e. The number of rotatable bonds is 5. The van der Waals surface area contributed by atoms with Crippen LogP contribution in [0, 0.1) is 0 Å². The Morgan fingerprint density at radius 1 is 1.16 bits per heavy atom. The standard InChI is InChI=1S/C15H13N3O5S2/c1-22-12-8-9(6-7-10(12)15(19)23-2)18-25(20,21)13-5-3-4-11-14(13)17-24-16-11/h3-8,18H,1-2H3. The molecule has 8 nitrogen and oxygen atoms in total. The van der Waals surface area contributed by atoms with Gasteiger partial charge in [0.25, 0.3) is 10.0 Å². The number of ether oxygens (including phenoxy) is 2. The molecular formula is C15H13N3O5S2. The van der Waals surface area contributed by atoms with Crippen molar-refractivity contribution in [2.24, 2.45) is 0 Å². The largest absolute Gasteiger partial charge is 0.496 e. The third kappa shape index (κ3) is 3.26. The zero-order valence-electron chi connectivity index (χ0n) is 13.2. The van der Waals surface area contributed by atoms with Crippen LogP contribution in [0.25, 0.3) is 11.0 Å². The lowest BCUT2D eigenvalue weighted by molar-refractivity contribution is 0.0597. The first kappa shape index (κ1) is 17.1. The molecule has 0 radical (unpaired) electrons. The van der Waals surface area contributed by atoms with Gasteiger partial charge in [-0.2, -0.15) is 8.75 Å². The molecule has 0 aliphatic rings. The van der Waals surface area contributed by atoms with Gasteiger partial charge in [-0.3, -0.25) is 4.72 Å². The number of esters is 1. The Balaban J connectivity index is 1.99. The van der Waals surface area contributed by atoms with Crippen LogP contribution in [-0.4, -0.2) is 37.4 Å². The van der Waals surface area contributed by atoms with E-state index in [1.807, 2.05) is 0 Å². The van der Waals surface area contributed by atoms with Gasteiger partial charge >= 0.3 is 5.97 Å². The fourth-order valence-electron chi connectivity index (χ4n) is 2.24. The smallest absolute Gasteiger partial charge is 0.341 e. The zero-order valence-corrected chi connectivity index (χ0v) is 14.8. The van der Waals surface area contributed by atoms with Gasteiger partial charge in [-0.1, -0.05) is 6.07 Å². The van der Waals surface area contributed by atoms with Crippen LogP contribution in [0.4, 0.5) is 5.69 Å². The number of benzene rings is 2. The molecule has 1 aromatic heterocycles. The monoisotopic (exact) mass is 379 g/mol. The Labute approximate surface area is 147 Å².